The molecule has 2 unspecified atom stereocenters. The summed E-state index contributed by atoms with van der Waals surface area (Å²) in [7, 11) is 0. The molecule has 0 saturated heterocycles. The number of nitrogens with zero attached hydrogens (tertiary/aromatic N) is 1. The summed E-state index contributed by atoms with van der Waals surface area (Å²) in [5.74, 6) is 0.418. The van der Waals surface area contributed by atoms with Gasteiger partial charge in [-0.2, -0.15) is 0 Å². The van der Waals surface area contributed by atoms with Crippen LogP contribution in [-0.4, -0.2) is 4.98 Å². The molecule has 8 rings (SSSR count). The van der Waals surface area contributed by atoms with Crippen molar-refractivity contribution in [1.82, 2.24) is 4.98 Å². The third-order valence-electron chi connectivity index (χ3n) is 9.50. The van der Waals surface area contributed by atoms with Crippen molar-refractivity contribution in [1.29, 1.82) is 0 Å². The molecule has 0 spiro atoms. The Balaban J connectivity index is 1.19. The minimum Gasteiger partial charge on any atom is -0.374 e. The Morgan fingerprint density at radius 2 is 1.40 bits per heavy atom. The molecule has 2 nitrogen and oxygen atoms in total. The van der Waals surface area contributed by atoms with Gasteiger partial charge in [-0.25, -0.2) is 0 Å². The van der Waals surface area contributed by atoms with Gasteiger partial charge < -0.3 is 5.32 Å². The summed E-state index contributed by atoms with van der Waals surface area (Å²) in [5.41, 5.74) is 11.7. The first-order chi connectivity index (χ1) is 23.1. The highest BCUT2D eigenvalue weighted by molar-refractivity contribution is 5.93. The van der Waals surface area contributed by atoms with E-state index in [4.69, 9.17) is 4.98 Å². The number of hydrogen-bond donors (Lipinski definition) is 1. The molecule has 1 N–H and O–H groups in total. The molecule has 0 saturated carbocycles. The van der Waals surface area contributed by atoms with E-state index < -0.39 is 0 Å². The van der Waals surface area contributed by atoms with Gasteiger partial charge in [0.1, 0.15) is 0 Å². The predicted molar refractivity (Wildman–Crippen MR) is 200 cm³/mol. The van der Waals surface area contributed by atoms with Crippen LogP contribution in [0, 0.1) is 5.92 Å². The Bertz CT molecular complexity index is 2300. The summed E-state index contributed by atoms with van der Waals surface area (Å²) in [6.45, 7) is 4.36. The van der Waals surface area contributed by atoms with Crippen LogP contribution in [-0.2, 0) is 0 Å². The summed E-state index contributed by atoms with van der Waals surface area (Å²) in [6, 6.07) is 41.8. The SMILES string of the molecule is C/C(=C\C=C1\C=CC=CC1C)c1ccc(C2=CC(c3ccc4ccccc4c3)Nc3ccc(-c4ccc5ccccc5c4)cc32)cn1. The lowest BCUT2D eigenvalue weighted by Crippen LogP contribution is -2.15. The summed E-state index contributed by atoms with van der Waals surface area (Å²) < 4.78 is 0. The van der Waals surface area contributed by atoms with Gasteiger partial charge in [0, 0.05) is 23.0 Å². The highest BCUT2D eigenvalue weighted by atomic mass is 14.9. The lowest BCUT2D eigenvalue weighted by molar-refractivity contribution is 0.884. The fraction of sp³-hybridized carbons (Fsp3) is 0.0889. The van der Waals surface area contributed by atoms with Crippen LogP contribution < -0.4 is 5.32 Å². The van der Waals surface area contributed by atoms with Crippen molar-refractivity contribution in [3.63, 3.8) is 0 Å². The van der Waals surface area contributed by atoms with Crippen LogP contribution in [0.15, 0.2) is 170 Å². The van der Waals surface area contributed by atoms with Crippen molar-refractivity contribution >= 4 is 38.4 Å². The van der Waals surface area contributed by atoms with Crippen molar-refractivity contribution in [2.45, 2.75) is 19.9 Å². The highest BCUT2D eigenvalue weighted by Gasteiger charge is 2.22. The monoisotopic (exact) mass is 604 g/mol. The molecular weight excluding hydrogens is 569 g/mol. The van der Waals surface area contributed by atoms with E-state index in [-0.39, 0.29) is 6.04 Å². The van der Waals surface area contributed by atoms with E-state index in [0.717, 1.165) is 22.5 Å². The maximum atomic E-state index is 4.97. The summed E-state index contributed by atoms with van der Waals surface area (Å²) in [5, 5.41) is 8.84. The Morgan fingerprint density at radius 1 is 0.702 bits per heavy atom. The van der Waals surface area contributed by atoms with Crippen LogP contribution in [0.25, 0.3) is 43.8 Å². The van der Waals surface area contributed by atoms with E-state index in [1.807, 2.05) is 6.20 Å². The lowest BCUT2D eigenvalue weighted by Gasteiger charge is -2.28. The van der Waals surface area contributed by atoms with E-state index in [1.54, 1.807) is 0 Å². The summed E-state index contributed by atoms with van der Waals surface area (Å²) in [4.78, 5) is 4.97. The molecule has 2 heteroatoms. The van der Waals surface area contributed by atoms with Gasteiger partial charge in [-0.3, -0.25) is 4.98 Å². The molecule has 0 fully saturated rings. The van der Waals surface area contributed by atoms with Crippen molar-refractivity contribution in [3.8, 4) is 11.1 Å². The standard InChI is InChI=1S/C45H36N2/c1-30-9-3-4-10-32(30)16-15-31(2)43-23-22-40(29-46-43)41-28-45(39-20-18-34-12-6-8-14-36(34)26-39)47-44-24-21-38(27-42(41)44)37-19-17-33-11-5-7-13-35(33)25-37/h3-30,45,47H,1-2H3/b31-15+,32-16-. The number of pyridine rings is 1. The topological polar surface area (TPSA) is 24.9 Å². The number of hydrogen-bond acceptors (Lipinski definition) is 2. The average Bonchev–Trinajstić information content (AvgIpc) is 3.13. The van der Waals surface area contributed by atoms with Crippen LogP contribution in [0.1, 0.15) is 42.3 Å². The van der Waals surface area contributed by atoms with E-state index in [1.165, 1.54) is 54.9 Å². The van der Waals surface area contributed by atoms with Gasteiger partial charge in [0.25, 0.3) is 0 Å². The van der Waals surface area contributed by atoms with Gasteiger partial charge >= 0.3 is 0 Å². The average molecular weight is 605 g/mol. The Labute approximate surface area is 276 Å². The zero-order valence-corrected chi connectivity index (χ0v) is 26.7. The van der Waals surface area contributed by atoms with Gasteiger partial charge in [0.15, 0.2) is 0 Å². The van der Waals surface area contributed by atoms with Crippen LogP contribution in [0.4, 0.5) is 5.69 Å². The highest BCUT2D eigenvalue weighted by Crippen LogP contribution is 2.41. The molecule has 2 heterocycles. The zero-order chi connectivity index (χ0) is 31.7. The van der Waals surface area contributed by atoms with Crippen molar-refractivity contribution in [3.05, 3.63) is 192 Å². The molecule has 1 aliphatic heterocycles. The number of rotatable bonds is 5. The van der Waals surface area contributed by atoms with E-state index in [2.05, 4.69) is 177 Å². The van der Waals surface area contributed by atoms with E-state index >= 15 is 0 Å². The molecule has 2 atom stereocenters. The third kappa shape index (κ3) is 5.75. The molecule has 6 aromatic rings. The fourth-order valence-corrected chi connectivity index (χ4v) is 6.70. The number of benzene rings is 5. The first-order valence-corrected chi connectivity index (χ1v) is 16.4. The summed E-state index contributed by atoms with van der Waals surface area (Å²) >= 11 is 0. The van der Waals surface area contributed by atoms with E-state index in [0.29, 0.717) is 5.92 Å². The van der Waals surface area contributed by atoms with Crippen LogP contribution >= 0.6 is 0 Å². The van der Waals surface area contributed by atoms with Gasteiger partial charge in [-0.05, 0) is 104 Å². The van der Waals surface area contributed by atoms with Gasteiger partial charge in [-0.1, -0.05) is 128 Å². The van der Waals surface area contributed by atoms with Crippen LogP contribution in [0.2, 0.25) is 0 Å². The molecular formula is C45H36N2. The molecule has 226 valence electrons. The quantitative estimate of drug-likeness (QED) is 0.212. The first kappa shape index (κ1) is 28.7. The molecule has 5 aromatic carbocycles. The second kappa shape index (κ2) is 12.2. The molecule has 1 aromatic heterocycles. The van der Waals surface area contributed by atoms with Gasteiger partial charge in [0.2, 0.25) is 0 Å². The number of allylic oxidation sites excluding steroid dienone is 8. The lowest BCUT2D eigenvalue weighted by atomic mass is 9.87. The fourth-order valence-electron chi connectivity index (χ4n) is 6.70. The van der Waals surface area contributed by atoms with Crippen LogP contribution in [0.5, 0.6) is 0 Å². The maximum Gasteiger partial charge on any atom is 0.0707 e. The number of nitrogens with one attached hydrogen (secondary N) is 1. The largest absolute Gasteiger partial charge is 0.374 e. The second-order valence-corrected chi connectivity index (χ2v) is 12.6. The molecule has 2 aliphatic rings. The molecule has 0 radical (unpaired) electrons. The Morgan fingerprint density at radius 3 is 2.17 bits per heavy atom. The normalized spacial score (nSPS) is 18.3. The zero-order valence-electron chi connectivity index (χ0n) is 26.7. The molecule has 0 amide bonds. The smallest absolute Gasteiger partial charge is 0.0707 e. The molecule has 0 bridgehead atoms. The van der Waals surface area contributed by atoms with Crippen LogP contribution in [0.3, 0.4) is 0 Å². The number of anilines is 1. The molecule has 47 heavy (non-hydrogen) atoms. The first-order valence-electron chi connectivity index (χ1n) is 16.4. The van der Waals surface area contributed by atoms with Gasteiger partial charge in [0.05, 0.1) is 11.7 Å². The summed E-state index contributed by atoms with van der Waals surface area (Å²) in [6.07, 6.45) is 17.4. The third-order valence-corrected chi connectivity index (χ3v) is 9.50. The minimum atomic E-state index is 0.0288. The second-order valence-electron chi connectivity index (χ2n) is 12.6. The Kier molecular flexibility index (Phi) is 7.47. The number of fused-ring (bicyclic) bond motifs is 3. The number of aromatic nitrogens is 1. The van der Waals surface area contributed by atoms with Crippen molar-refractivity contribution < 1.29 is 0 Å². The maximum absolute atomic E-state index is 4.97. The van der Waals surface area contributed by atoms with Crippen molar-refractivity contribution in [2.24, 2.45) is 5.92 Å². The Hall–Kier alpha value is -5.73. The van der Waals surface area contributed by atoms with E-state index in [9.17, 15) is 0 Å². The van der Waals surface area contributed by atoms with Crippen molar-refractivity contribution in [2.75, 3.05) is 5.32 Å². The van der Waals surface area contributed by atoms with Gasteiger partial charge in [-0.15, -0.1) is 0 Å². The predicted octanol–water partition coefficient (Wildman–Crippen LogP) is 11.7. The minimum absolute atomic E-state index is 0.0288. The molecule has 1 aliphatic carbocycles.